The Morgan fingerprint density at radius 2 is 1.88 bits per heavy atom. The Morgan fingerprint density at radius 3 is 2.47 bits per heavy atom. The lowest BCUT2D eigenvalue weighted by atomic mass is 9.96. The van der Waals surface area contributed by atoms with Crippen LogP contribution in [0.3, 0.4) is 0 Å². The van der Waals surface area contributed by atoms with Crippen molar-refractivity contribution < 1.29 is 5.11 Å². The van der Waals surface area contributed by atoms with Gasteiger partial charge in [-0.1, -0.05) is 37.3 Å². The third-order valence-corrected chi connectivity index (χ3v) is 3.86. The molecule has 0 unspecified atom stereocenters. The number of aliphatic hydroxyl groups excluding tert-OH is 1. The zero-order valence-electron chi connectivity index (χ0n) is 10.7. The average Bonchev–Trinajstić information content (AvgIpc) is 2.38. The molecule has 0 amide bonds. The summed E-state index contributed by atoms with van der Waals surface area (Å²) in [5, 5.41) is 9.56. The normalized spacial score (nSPS) is 20.4. The minimum Gasteiger partial charge on any atom is -0.395 e. The maximum atomic E-state index is 9.56. The van der Waals surface area contributed by atoms with E-state index in [4.69, 9.17) is 0 Å². The number of aliphatic hydroxyl groups is 1. The Labute approximate surface area is 104 Å². The van der Waals surface area contributed by atoms with Gasteiger partial charge >= 0.3 is 0 Å². The van der Waals surface area contributed by atoms with Crippen LogP contribution in [-0.4, -0.2) is 35.7 Å². The van der Waals surface area contributed by atoms with Crippen molar-refractivity contribution in [1.29, 1.82) is 0 Å². The predicted octanol–water partition coefficient (Wildman–Crippen LogP) is 2.32. The molecule has 1 aromatic carbocycles. The van der Waals surface area contributed by atoms with E-state index in [9.17, 15) is 5.11 Å². The Kier molecular flexibility index (Phi) is 4.57. The van der Waals surface area contributed by atoms with E-state index >= 15 is 0 Å². The van der Waals surface area contributed by atoms with Crippen LogP contribution in [0.15, 0.2) is 30.3 Å². The van der Waals surface area contributed by atoms with Crippen molar-refractivity contribution in [2.45, 2.75) is 32.2 Å². The summed E-state index contributed by atoms with van der Waals surface area (Å²) in [6, 6.07) is 10.8. The lowest BCUT2D eigenvalue weighted by molar-refractivity contribution is 0.0897. The highest BCUT2D eigenvalue weighted by Gasteiger charge is 2.22. The standard InChI is InChI=1S/C15H23NO/c1-13-7-9-16(10-8-13)15(12-17)11-14-5-3-2-4-6-14/h2-6,13,15,17H,7-12H2,1H3/t15-/m1/s1. The molecule has 94 valence electrons. The van der Waals surface area contributed by atoms with Crippen LogP contribution in [0.2, 0.25) is 0 Å². The van der Waals surface area contributed by atoms with Crippen molar-refractivity contribution in [1.82, 2.24) is 4.90 Å². The third kappa shape index (κ3) is 3.55. The average molecular weight is 233 g/mol. The molecule has 0 radical (unpaired) electrons. The molecule has 2 nitrogen and oxygen atoms in total. The van der Waals surface area contributed by atoms with Crippen molar-refractivity contribution in [3.8, 4) is 0 Å². The molecule has 0 aromatic heterocycles. The first-order chi connectivity index (χ1) is 8.29. The first-order valence-corrected chi connectivity index (χ1v) is 6.68. The van der Waals surface area contributed by atoms with Gasteiger partial charge in [-0.2, -0.15) is 0 Å². The number of likely N-dealkylation sites (tertiary alicyclic amines) is 1. The first-order valence-electron chi connectivity index (χ1n) is 6.68. The lowest BCUT2D eigenvalue weighted by Crippen LogP contribution is -2.44. The Balaban J connectivity index is 1.92. The van der Waals surface area contributed by atoms with Crippen molar-refractivity contribution in [2.24, 2.45) is 5.92 Å². The van der Waals surface area contributed by atoms with Gasteiger partial charge in [0, 0.05) is 6.04 Å². The molecule has 1 N–H and O–H groups in total. The highest BCUT2D eigenvalue weighted by atomic mass is 16.3. The molecule has 2 heteroatoms. The van der Waals surface area contributed by atoms with Crippen LogP contribution in [0, 0.1) is 5.92 Å². The summed E-state index contributed by atoms with van der Waals surface area (Å²) in [6.07, 6.45) is 3.50. The predicted molar refractivity (Wildman–Crippen MR) is 71.0 cm³/mol. The van der Waals surface area contributed by atoms with Gasteiger partial charge in [-0.3, -0.25) is 4.90 Å². The maximum Gasteiger partial charge on any atom is 0.0590 e. The summed E-state index contributed by atoms with van der Waals surface area (Å²) in [5.41, 5.74) is 1.32. The SMILES string of the molecule is CC1CCN([C@@H](CO)Cc2ccccc2)CC1. The number of hydrogen-bond donors (Lipinski definition) is 1. The van der Waals surface area contributed by atoms with Gasteiger partial charge in [0.2, 0.25) is 0 Å². The maximum absolute atomic E-state index is 9.56. The molecule has 0 spiro atoms. The minimum atomic E-state index is 0.267. The van der Waals surface area contributed by atoms with Crippen LogP contribution in [0.25, 0.3) is 0 Å². The fraction of sp³-hybridized carbons (Fsp3) is 0.600. The van der Waals surface area contributed by atoms with E-state index < -0.39 is 0 Å². The number of hydrogen-bond acceptors (Lipinski definition) is 2. The third-order valence-electron chi connectivity index (χ3n) is 3.86. The zero-order chi connectivity index (χ0) is 12.1. The minimum absolute atomic E-state index is 0.267. The zero-order valence-corrected chi connectivity index (χ0v) is 10.7. The van der Waals surface area contributed by atoms with Crippen molar-refractivity contribution in [3.63, 3.8) is 0 Å². The molecule has 1 saturated heterocycles. The Bertz CT molecular complexity index is 317. The van der Waals surface area contributed by atoms with Gasteiger partial charge in [0.15, 0.2) is 0 Å². The molecule has 1 atom stereocenters. The van der Waals surface area contributed by atoms with Gasteiger partial charge in [0.05, 0.1) is 6.61 Å². The topological polar surface area (TPSA) is 23.5 Å². The van der Waals surface area contributed by atoms with E-state index in [2.05, 4.69) is 36.1 Å². The molecule has 1 aliphatic heterocycles. The van der Waals surface area contributed by atoms with Crippen LogP contribution >= 0.6 is 0 Å². The van der Waals surface area contributed by atoms with E-state index in [1.54, 1.807) is 0 Å². The summed E-state index contributed by atoms with van der Waals surface area (Å²) < 4.78 is 0. The second-order valence-corrected chi connectivity index (χ2v) is 5.24. The fourth-order valence-electron chi connectivity index (χ4n) is 2.59. The van der Waals surface area contributed by atoms with Crippen molar-refractivity contribution >= 4 is 0 Å². The molecule has 17 heavy (non-hydrogen) atoms. The van der Waals surface area contributed by atoms with E-state index in [0.29, 0.717) is 6.04 Å². The van der Waals surface area contributed by atoms with Crippen molar-refractivity contribution in [2.75, 3.05) is 19.7 Å². The van der Waals surface area contributed by atoms with Crippen LogP contribution < -0.4 is 0 Å². The number of rotatable bonds is 4. The molecule has 1 fully saturated rings. The number of nitrogens with zero attached hydrogens (tertiary/aromatic N) is 1. The van der Waals surface area contributed by atoms with E-state index in [1.165, 1.54) is 18.4 Å². The fourth-order valence-corrected chi connectivity index (χ4v) is 2.59. The summed E-state index contributed by atoms with van der Waals surface area (Å²) in [7, 11) is 0. The quantitative estimate of drug-likeness (QED) is 0.862. The van der Waals surface area contributed by atoms with Gasteiger partial charge in [-0.05, 0) is 43.8 Å². The first kappa shape index (κ1) is 12.6. The summed E-state index contributed by atoms with van der Waals surface area (Å²) in [5.74, 6) is 0.849. The number of piperidine rings is 1. The van der Waals surface area contributed by atoms with Gasteiger partial charge in [-0.15, -0.1) is 0 Å². The smallest absolute Gasteiger partial charge is 0.0590 e. The molecular formula is C15H23NO. The van der Waals surface area contributed by atoms with Gasteiger partial charge in [0.1, 0.15) is 0 Å². The van der Waals surface area contributed by atoms with Crippen LogP contribution in [0.5, 0.6) is 0 Å². The van der Waals surface area contributed by atoms with Crippen molar-refractivity contribution in [3.05, 3.63) is 35.9 Å². The van der Waals surface area contributed by atoms with Gasteiger partial charge in [0.25, 0.3) is 0 Å². The van der Waals surface area contributed by atoms with E-state index in [0.717, 1.165) is 25.4 Å². The summed E-state index contributed by atoms with van der Waals surface area (Å²) in [4.78, 5) is 2.45. The molecule has 1 aliphatic rings. The van der Waals surface area contributed by atoms with Crippen LogP contribution in [0.4, 0.5) is 0 Å². The van der Waals surface area contributed by atoms with E-state index in [-0.39, 0.29) is 6.61 Å². The number of benzene rings is 1. The second-order valence-electron chi connectivity index (χ2n) is 5.24. The second kappa shape index (κ2) is 6.18. The molecule has 0 bridgehead atoms. The Hall–Kier alpha value is -0.860. The summed E-state index contributed by atoms with van der Waals surface area (Å²) >= 11 is 0. The Morgan fingerprint density at radius 1 is 1.24 bits per heavy atom. The van der Waals surface area contributed by atoms with Gasteiger partial charge in [-0.25, -0.2) is 0 Å². The molecule has 1 heterocycles. The van der Waals surface area contributed by atoms with E-state index in [1.807, 2.05) is 6.07 Å². The molecule has 1 aromatic rings. The van der Waals surface area contributed by atoms with Gasteiger partial charge < -0.3 is 5.11 Å². The molecule has 0 saturated carbocycles. The molecule has 2 rings (SSSR count). The lowest BCUT2D eigenvalue weighted by Gasteiger charge is -2.36. The largest absolute Gasteiger partial charge is 0.395 e. The van der Waals surface area contributed by atoms with Crippen LogP contribution in [0.1, 0.15) is 25.3 Å². The highest BCUT2D eigenvalue weighted by molar-refractivity contribution is 5.16. The van der Waals surface area contributed by atoms with Crippen LogP contribution in [-0.2, 0) is 6.42 Å². The molecular weight excluding hydrogens is 210 g/mol. The molecule has 0 aliphatic carbocycles. The monoisotopic (exact) mass is 233 g/mol. The summed E-state index contributed by atoms with van der Waals surface area (Å²) in [6.45, 7) is 4.87. The highest BCUT2D eigenvalue weighted by Crippen LogP contribution is 2.19.